The van der Waals surface area contributed by atoms with E-state index in [0.717, 1.165) is 5.56 Å². The number of aromatic nitrogens is 1. The molecule has 0 atom stereocenters. The number of hydrogen-bond acceptors (Lipinski definition) is 1. The molecule has 4 heteroatoms. The Morgan fingerprint density at radius 2 is 1.94 bits per heavy atom. The van der Waals surface area contributed by atoms with Gasteiger partial charge in [-0.1, -0.05) is 17.7 Å². The lowest BCUT2D eigenvalue weighted by atomic mass is 10.1. The van der Waals surface area contributed by atoms with Gasteiger partial charge < -0.3 is 0 Å². The van der Waals surface area contributed by atoms with Crippen molar-refractivity contribution in [1.29, 1.82) is 0 Å². The van der Waals surface area contributed by atoms with Crippen molar-refractivity contribution in [3.8, 4) is 0 Å². The topological polar surface area (TPSA) is 12.9 Å². The van der Waals surface area contributed by atoms with Crippen molar-refractivity contribution < 1.29 is 8.78 Å². The second-order valence-corrected chi connectivity index (χ2v) is 4.26. The largest absolute Gasteiger partial charge is 0.263 e. The van der Waals surface area contributed by atoms with E-state index >= 15 is 0 Å². The van der Waals surface area contributed by atoms with E-state index in [4.69, 9.17) is 11.6 Å². The Morgan fingerprint density at radius 1 is 1.24 bits per heavy atom. The van der Waals surface area contributed by atoms with Gasteiger partial charge in [-0.05, 0) is 37.5 Å². The molecule has 0 radical (unpaired) electrons. The van der Waals surface area contributed by atoms with Crippen LogP contribution in [0.5, 0.6) is 0 Å². The highest BCUT2D eigenvalue weighted by molar-refractivity contribution is 6.30. The van der Waals surface area contributed by atoms with Crippen LogP contribution in [0.2, 0.25) is 5.02 Å². The number of pyridine rings is 1. The van der Waals surface area contributed by atoms with Crippen LogP contribution < -0.4 is 0 Å². The molecule has 0 spiro atoms. The number of hydrogen-bond donors (Lipinski definition) is 0. The monoisotopic (exact) mass is 257 g/mol. The normalized spacial score (nSPS) is 15.0. The maximum atomic E-state index is 12.4. The summed E-state index contributed by atoms with van der Waals surface area (Å²) in [6.45, 7) is 3.53. The highest BCUT2D eigenvalue weighted by atomic mass is 35.5. The van der Waals surface area contributed by atoms with Gasteiger partial charge in [-0.3, -0.25) is 4.98 Å². The quantitative estimate of drug-likeness (QED) is 0.643. The van der Waals surface area contributed by atoms with Crippen molar-refractivity contribution in [2.45, 2.75) is 26.7 Å². The van der Waals surface area contributed by atoms with E-state index in [0.29, 0.717) is 17.0 Å². The van der Waals surface area contributed by atoms with Gasteiger partial charge in [0, 0.05) is 18.8 Å². The van der Waals surface area contributed by atoms with Gasteiger partial charge in [0.1, 0.15) is 5.83 Å². The summed E-state index contributed by atoms with van der Waals surface area (Å²) < 4.78 is 24.7. The molecule has 1 aromatic heterocycles. The summed E-state index contributed by atoms with van der Waals surface area (Å²) >= 11 is 5.58. The van der Waals surface area contributed by atoms with Crippen molar-refractivity contribution in [3.05, 3.63) is 52.3 Å². The average Bonchev–Trinajstić information content (AvgIpc) is 2.26. The Morgan fingerprint density at radius 3 is 2.35 bits per heavy atom. The average molecular weight is 258 g/mol. The first-order chi connectivity index (χ1) is 8.00. The molecule has 1 nitrogen and oxygen atoms in total. The Hall–Kier alpha value is -1.22. The van der Waals surface area contributed by atoms with Crippen LogP contribution in [0.1, 0.15) is 25.3 Å². The number of allylic oxidation sites excluding steroid dienone is 4. The molecule has 92 valence electrons. The summed E-state index contributed by atoms with van der Waals surface area (Å²) in [7, 11) is 0. The van der Waals surface area contributed by atoms with Gasteiger partial charge in [0.15, 0.2) is 5.83 Å². The first-order valence-corrected chi connectivity index (χ1v) is 5.67. The van der Waals surface area contributed by atoms with Crippen LogP contribution >= 0.6 is 11.6 Å². The molecule has 0 bridgehead atoms. The molecule has 0 unspecified atom stereocenters. The summed E-state index contributed by atoms with van der Waals surface area (Å²) in [5, 5.41) is 0.699. The minimum atomic E-state index is -0.666. The smallest absolute Gasteiger partial charge is 0.157 e. The highest BCUT2D eigenvalue weighted by Crippen LogP contribution is 2.26. The highest BCUT2D eigenvalue weighted by Gasteiger charge is 2.11. The van der Waals surface area contributed by atoms with Gasteiger partial charge in [0.2, 0.25) is 0 Å². The zero-order chi connectivity index (χ0) is 12.8. The Bertz CT molecular complexity index is 435. The summed E-state index contributed by atoms with van der Waals surface area (Å²) in [5.41, 5.74) is 1.52. The lowest BCUT2D eigenvalue weighted by molar-refractivity contribution is 0.507. The zero-order valence-electron chi connectivity index (χ0n) is 9.80. The molecular weight excluding hydrogens is 244 g/mol. The molecule has 0 aliphatic heterocycles. The fourth-order valence-corrected chi connectivity index (χ4v) is 1.58. The molecule has 17 heavy (non-hydrogen) atoms. The Labute approximate surface area is 105 Å². The lowest BCUT2D eigenvalue weighted by Crippen LogP contribution is -1.90. The maximum Gasteiger partial charge on any atom is 0.157 e. The van der Waals surface area contributed by atoms with E-state index in [1.807, 2.05) is 13.0 Å². The predicted octanol–water partition coefficient (Wildman–Crippen LogP) is 4.92. The Kier molecular flexibility index (Phi) is 5.29. The Balaban J connectivity index is 0.000000171. The van der Waals surface area contributed by atoms with E-state index in [1.54, 1.807) is 25.4 Å². The van der Waals surface area contributed by atoms with Crippen molar-refractivity contribution in [2.75, 3.05) is 0 Å². The minimum absolute atomic E-state index is 0.225. The zero-order valence-corrected chi connectivity index (χ0v) is 10.6. The van der Waals surface area contributed by atoms with Crippen LogP contribution in [0, 0.1) is 6.92 Å². The molecule has 1 aliphatic carbocycles. The molecule has 0 fully saturated rings. The van der Waals surface area contributed by atoms with Gasteiger partial charge in [-0.2, -0.15) is 0 Å². The third kappa shape index (κ3) is 4.65. The molecule has 1 heterocycles. The van der Waals surface area contributed by atoms with E-state index in [2.05, 4.69) is 4.98 Å². The molecule has 0 N–H and O–H groups in total. The van der Waals surface area contributed by atoms with Crippen LogP contribution in [0.4, 0.5) is 8.78 Å². The van der Waals surface area contributed by atoms with Crippen LogP contribution in [-0.4, -0.2) is 4.98 Å². The molecule has 1 aromatic rings. The summed E-state index contributed by atoms with van der Waals surface area (Å²) in [6.07, 6.45) is 5.95. The lowest BCUT2D eigenvalue weighted by Gasteiger charge is -2.05. The molecule has 2 rings (SSSR count). The third-order valence-corrected chi connectivity index (χ3v) is 2.45. The second kappa shape index (κ2) is 6.50. The van der Waals surface area contributed by atoms with Crippen molar-refractivity contribution in [1.82, 2.24) is 4.98 Å². The van der Waals surface area contributed by atoms with Crippen LogP contribution in [-0.2, 0) is 0 Å². The number of aryl methyl sites for hydroxylation is 1. The van der Waals surface area contributed by atoms with E-state index in [-0.39, 0.29) is 6.42 Å². The molecule has 0 amide bonds. The molecule has 0 aromatic carbocycles. The van der Waals surface area contributed by atoms with E-state index in [1.165, 1.54) is 0 Å². The summed E-state index contributed by atoms with van der Waals surface area (Å²) in [5.74, 6) is -1.27. The van der Waals surface area contributed by atoms with Gasteiger partial charge in [0.05, 0.1) is 5.02 Å². The van der Waals surface area contributed by atoms with E-state index < -0.39 is 11.7 Å². The fraction of sp³-hybridized carbons (Fsp3) is 0.308. The molecular formula is C13H14ClF2N. The van der Waals surface area contributed by atoms with Gasteiger partial charge in [-0.25, -0.2) is 8.78 Å². The number of halogens is 3. The van der Waals surface area contributed by atoms with Crippen molar-refractivity contribution in [3.63, 3.8) is 0 Å². The molecule has 0 saturated carbocycles. The van der Waals surface area contributed by atoms with Crippen LogP contribution in [0.15, 0.2) is 41.8 Å². The van der Waals surface area contributed by atoms with Crippen molar-refractivity contribution in [2.24, 2.45) is 0 Å². The molecule has 0 saturated heterocycles. The fourth-order valence-electron chi connectivity index (χ4n) is 1.35. The first kappa shape index (κ1) is 13.8. The van der Waals surface area contributed by atoms with E-state index in [9.17, 15) is 8.78 Å². The third-order valence-electron chi connectivity index (χ3n) is 2.24. The van der Waals surface area contributed by atoms with Gasteiger partial charge in [0.25, 0.3) is 0 Å². The number of rotatable bonds is 0. The summed E-state index contributed by atoms with van der Waals surface area (Å²) in [4.78, 5) is 3.85. The number of nitrogens with zero attached hydrogens (tertiary/aromatic N) is 1. The molecule has 1 aliphatic rings. The second-order valence-electron chi connectivity index (χ2n) is 3.83. The van der Waals surface area contributed by atoms with Gasteiger partial charge >= 0.3 is 0 Å². The SMILES string of the molecule is CC1=CCCC(F)=C1F.Cc1cncc(Cl)c1. The van der Waals surface area contributed by atoms with Crippen LogP contribution in [0.25, 0.3) is 0 Å². The minimum Gasteiger partial charge on any atom is -0.263 e. The predicted molar refractivity (Wildman–Crippen MR) is 66.2 cm³/mol. The maximum absolute atomic E-state index is 12.4. The summed E-state index contributed by atoms with van der Waals surface area (Å²) in [6, 6.07) is 1.87. The first-order valence-electron chi connectivity index (χ1n) is 5.29. The van der Waals surface area contributed by atoms with Crippen LogP contribution in [0.3, 0.4) is 0 Å². The van der Waals surface area contributed by atoms with Gasteiger partial charge in [-0.15, -0.1) is 0 Å². The standard InChI is InChI=1S/C7H8F2.C6H6ClN/c1-5-3-2-4-6(8)7(5)9;1-5-2-6(7)4-8-3-5/h3H,2,4H2,1H3;2-4H,1H3. The van der Waals surface area contributed by atoms with Crippen molar-refractivity contribution >= 4 is 11.6 Å².